The monoisotopic (exact) mass is 195 g/mol. The molecule has 0 aliphatic rings. The predicted molar refractivity (Wildman–Crippen MR) is 61.1 cm³/mol. The third kappa shape index (κ3) is 4.34. The number of nitrogens with one attached hydrogen (secondary N) is 1. The molecule has 13 heavy (non-hydrogen) atoms. The van der Waals surface area contributed by atoms with Gasteiger partial charge in [0.25, 0.3) is 0 Å². The summed E-state index contributed by atoms with van der Waals surface area (Å²) in [6.07, 6.45) is 0. The maximum atomic E-state index is 3.23. The van der Waals surface area contributed by atoms with Crippen LogP contribution in [-0.2, 0) is 5.75 Å². The second-order valence-corrected chi connectivity index (χ2v) is 4.22. The quantitative estimate of drug-likeness (QED) is 0.775. The van der Waals surface area contributed by atoms with E-state index < -0.39 is 0 Å². The highest BCUT2D eigenvalue weighted by Gasteiger charge is 1.97. The van der Waals surface area contributed by atoms with Crippen molar-refractivity contribution in [2.24, 2.45) is 0 Å². The zero-order valence-corrected chi connectivity index (χ0v) is 9.10. The summed E-state index contributed by atoms with van der Waals surface area (Å²) in [5.74, 6) is 2.29. The van der Waals surface area contributed by atoms with Gasteiger partial charge in [0.15, 0.2) is 0 Å². The Bertz CT molecular complexity index is 223. The standard InChI is InChI=1S/C11H17NS/c1-10(12-2)8-13-9-11-6-4-3-5-7-11/h3-7,10,12H,8-9H2,1-2H3. The molecule has 0 saturated heterocycles. The predicted octanol–water partition coefficient (Wildman–Crippen LogP) is 2.53. The lowest BCUT2D eigenvalue weighted by molar-refractivity contribution is 0.677. The summed E-state index contributed by atoms with van der Waals surface area (Å²) in [6.45, 7) is 2.21. The lowest BCUT2D eigenvalue weighted by Crippen LogP contribution is -2.23. The summed E-state index contributed by atoms with van der Waals surface area (Å²) < 4.78 is 0. The van der Waals surface area contributed by atoms with E-state index in [1.807, 2.05) is 18.8 Å². The molecule has 0 aromatic heterocycles. The number of hydrogen-bond acceptors (Lipinski definition) is 2. The van der Waals surface area contributed by atoms with E-state index in [4.69, 9.17) is 0 Å². The van der Waals surface area contributed by atoms with Crippen molar-refractivity contribution in [2.45, 2.75) is 18.7 Å². The molecule has 1 rings (SSSR count). The second kappa shape index (κ2) is 6.06. The summed E-state index contributed by atoms with van der Waals surface area (Å²) in [6, 6.07) is 11.2. The van der Waals surface area contributed by atoms with Gasteiger partial charge >= 0.3 is 0 Å². The van der Waals surface area contributed by atoms with E-state index in [9.17, 15) is 0 Å². The smallest absolute Gasteiger partial charge is 0.0185 e. The van der Waals surface area contributed by atoms with Crippen LogP contribution in [0.3, 0.4) is 0 Å². The third-order valence-electron chi connectivity index (χ3n) is 1.97. The molecule has 1 aromatic carbocycles. The number of thioether (sulfide) groups is 1. The molecule has 1 atom stereocenters. The minimum absolute atomic E-state index is 0.605. The van der Waals surface area contributed by atoms with Crippen LogP contribution in [-0.4, -0.2) is 18.8 Å². The Hall–Kier alpha value is -0.470. The summed E-state index contributed by atoms with van der Waals surface area (Å²) in [5, 5.41) is 3.23. The number of benzene rings is 1. The van der Waals surface area contributed by atoms with E-state index in [1.165, 1.54) is 11.3 Å². The van der Waals surface area contributed by atoms with Gasteiger partial charge in [0.1, 0.15) is 0 Å². The van der Waals surface area contributed by atoms with Crippen molar-refractivity contribution >= 4 is 11.8 Å². The van der Waals surface area contributed by atoms with Crippen molar-refractivity contribution in [1.82, 2.24) is 5.32 Å². The van der Waals surface area contributed by atoms with E-state index >= 15 is 0 Å². The molecular formula is C11H17NS. The Balaban J connectivity index is 2.20. The first-order chi connectivity index (χ1) is 6.33. The van der Waals surface area contributed by atoms with Gasteiger partial charge in [0.2, 0.25) is 0 Å². The highest BCUT2D eigenvalue weighted by atomic mass is 32.2. The minimum atomic E-state index is 0.605. The molecule has 0 heterocycles. The molecular weight excluding hydrogens is 178 g/mol. The Morgan fingerprint density at radius 3 is 2.62 bits per heavy atom. The van der Waals surface area contributed by atoms with Gasteiger partial charge in [0.05, 0.1) is 0 Å². The van der Waals surface area contributed by atoms with Crippen LogP contribution in [0.25, 0.3) is 0 Å². The van der Waals surface area contributed by atoms with Crippen LogP contribution in [0.4, 0.5) is 0 Å². The van der Waals surface area contributed by atoms with E-state index in [2.05, 4.69) is 42.6 Å². The van der Waals surface area contributed by atoms with Gasteiger partial charge < -0.3 is 5.32 Å². The normalized spacial score (nSPS) is 12.8. The van der Waals surface area contributed by atoms with E-state index in [-0.39, 0.29) is 0 Å². The molecule has 1 N–H and O–H groups in total. The average molecular weight is 195 g/mol. The SMILES string of the molecule is CNC(C)CSCc1ccccc1. The van der Waals surface area contributed by atoms with Gasteiger partial charge in [-0.3, -0.25) is 0 Å². The zero-order chi connectivity index (χ0) is 9.52. The van der Waals surface area contributed by atoms with Crippen LogP contribution < -0.4 is 5.32 Å². The molecule has 1 nitrogen and oxygen atoms in total. The van der Waals surface area contributed by atoms with Crippen molar-refractivity contribution in [3.05, 3.63) is 35.9 Å². The largest absolute Gasteiger partial charge is 0.316 e. The van der Waals surface area contributed by atoms with Crippen molar-refractivity contribution in [1.29, 1.82) is 0 Å². The fraction of sp³-hybridized carbons (Fsp3) is 0.455. The van der Waals surface area contributed by atoms with Crippen LogP contribution in [0.15, 0.2) is 30.3 Å². The topological polar surface area (TPSA) is 12.0 Å². The summed E-state index contributed by atoms with van der Waals surface area (Å²) in [4.78, 5) is 0. The van der Waals surface area contributed by atoms with E-state index in [0.29, 0.717) is 6.04 Å². The molecule has 0 radical (unpaired) electrons. The van der Waals surface area contributed by atoms with Crippen molar-refractivity contribution in [2.75, 3.05) is 12.8 Å². The van der Waals surface area contributed by atoms with Gasteiger partial charge in [-0.15, -0.1) is 0 Å². The van der Waals surface area contributed by atoms with Crippen LogP contribution in [0.1, 0.15) is 12.5 Å². The average Bonchev–Trinajstić information content (AvgIpc) is 2.19. The van der Waals surface area contributed by atoms with Gasteiger partial charge in [0, 0.05) is 17.5 Å². The maximum Gasteiger partial charge on any atom is 0.0185 e. The molecule has 0 aliphatic carbocycles. The zero-order valence-electron chi connectivity index (χ0n) is 8.29. The molecule has 1 aromatic rings. The van der Waals surface area contributed by atoms with Crippen LogP contribution in [0.2, 0.25) is 0 Å². The molecule has 0 spiro atoms. The lowest BCUT2D eigenvalue weighted by atomic mass is 10.2. The van der Waals surface area contributed by atoms with Crippen LogP contribution in [0.5, 0.6) is 0 Å². The summed E-state index contributed by atoms with van der Waals surface area (Å²) in [7, 11) is 2.01. The van der Waals surface area contributed by atoms with Crippen molar-refractivity contribution < 1.29 is 0 Å². The van der Waals surface area contributed by atoms with Crippen molar-refractivity contribution in [3.8, 4) is 0 Å². The molecule has 0 saturated carbocycles. The number of hydrogen-bond donors (Lipinski definition) is 1. The second-order valence-electron chi connectivity index (χ2n) is 3.19. The molecule has 0 fully saturated rings. The van der Waals surface area contributed by atoms with Crippen LogP contribution >= 0.6 is 11.8 Å². The Labute approximate surface area is 84.9 Å². The van der Waals surface area contributed by atoms with Gasteiger partial charge in [-0.1, -0.05) is 30.3 Å². The highest BCUT2D eigenvalue weighted by Crippen LogP contribution is 2.12. The summed E-state index contributed by atoms with van der Waals surface area (Å²) in [5.41, 5.74) is 1.41. The minimum Gasteiger partial charge on any atom is -0.316 e. The van der Waals surface area contributed by atoms with Crippen molar-refractivity contribution in [3.63, 3.8) is 0 Å². The first-order valence-corrected chi connectivity index (χ1v) is 5.77. The molecule has 1 unspecified atom stereocenters. The molecule has 0 bridgehead atoms. The fourth-order valence-corrected chi connectivity index (χ4v) is 2.08. The van der Waals surface area contributed by atoms with Gasteiger partial charge in [-0.25, -0.2) is 0 Å². The fourth-order valence-electron chi connectivity index (χ4n) is 1.01. The lowest BCUT2D eigenvalue weighted by Gasteiger charge is -2.08. The number of rotatable bonds is 5. The third-order valence-corrected chi connectivity index (χ3v) is 3.25. The van der Waals surface area contributed by atoms with E-state index in [1.54, 1.807) is 0 Å². The van der Waals surface area contributed by atoms with Gasteiger partial charge in [-0.05, 0) is 19.5 Å². The first-order valence-electron chi connectivity index (χ1n) is 4.62. The Kier molecular flexibility index (Phi) is 4.94. The molecule has 0 amide bonds. The molecule has 0 aliphatic heterocycles. The Morgan fingerprint density at radius 1 is 1.31 bits per heavy atom. The maximum absolute atomic E-state index is 3.23. The highest BCUT2D eigenvalue weighted by molar-refractivity contribution is 7.98. The van der Waals surface area contributed by atoms with E-state index in [0.717, 1.165) is 5.75 Å². The van der Waals surface area contributed by atoms with Gasteiger partial charge in [-0.2, -0.15) is 11.8 Å². The molecule has 2 heteroatoms. The summed E-state index contributed by atoms with van der Waals surface area (Å²) >= 11 is 1.98. The Morgan fingerprint density at radius 2 is 2.00 bits per heavy atom. The molecule has 72 valence electrons. The van der Waals surface area contributed by atoms with Crippen LogP contribution in [0, 0.1) is 0 Å². The first kappa shape index (κ1) is 10.6.